The fraction of sp³-hybridized carbons (Fsp3) is 0.250. The van der Waals surface area contributed by atoms with E-state index in [9.17, 15) is 4.79 Å². The number of aromatic nitrogens is 1. The summed E-state index contributed by atoms with van der Waals surface area (Å²) >= 11 is 3.37. The van der Waals surface area contributed by atoms with Gasteiger partial charge < -0.3 is 9.72 Å². The highest BCUT2D eigenvalue weighted by molar-refractivity contribution is 9.09. The number of rotatable bonds is 1. The molecule has 1 N–H and O–H groups in total. The van der Waals surface area contributed by atoms with Crippen LogP contribution >= 0.6 is 15.9 Å². The Morgan fingerprint density at radius 3 is 3.06 bits per heavy atom. The highest BCUT2D eigenvalue weighted by atomic mass is 79.9. The monoisotopic (exact) mass is 279 g/mol. The first-order valence-corrected chi connectivity index (χ1v) is 6.28. The van der Waals surface area contributed by atoms with Crippen LogP contribution in [0.15, 0.2) is 29.1 Å². The van der Waals surface area contributed by atoms with Crippen LogP contribution in [-0.4, -0.2) is 16.4 Å². The number of nitrogens with one attached hydrogen (secondary N) is 1. The maximum atomic E-state index is 12.2. The van der Waals surface area contributed by atoms with Gasteiger partial charge in [-0.3, -0.25) is 4.79 Å². The van der Waals surface area contributed by atoms with Gasteiger partial charge >= 0.3 is 0 Å². The Kier molecular flexibility index (Phi) is 2.24. The van der Waals surface area contributed by atoms with Crippen molar-refractivity contribution in [1.29, 1.82) is 0 Å². The number of hydrogen-bond acceptors (Lipinski definition) is 2. The predicted octanol–water partition coefficient (Wildman–Crippen LogP) is 2.23. The molecule has 1 aliphatic heterocycles. The summed E-state index contributed by atoms with van der Waals surface area (Å²) in [6.45, 7) is 0. The van der Waals surface area contributed by atoms with Crippen molar-refractivity contribution in [3.05, 3.63) is 40.1 Å². The molecule has 16 heavy (non-hydrogen) atoms. The van der Waals surface area contributed by atoms with Crippen molar-refractivity contribution in [3.8, 4) is 5.88 Å². The lowest BCUT2D eigenvalue weighted by Crippen LogP contribution is -2.15. The van der Waals surface area contributed by atoms with E-state index >= 15 is 0 Å². The van der Waals surface area contributed by atoms with Crippen LogP contribution in [0, 0.1) is 0 Å². The van der Waals surface area contributed by atoms with E-state index < -0.39 is 0 Å². The van der Waals surface area contributed by atoms with Gasteiger partial charge in [0.1, 0.15) is 6.10 Å². The standard InChI is InChI=1S/C12H10BrNO2/c13-6-7-5-9-11(15)8-3-1-2-4-10(8)14-12(9)16-7/h1-4,7H,5-6H2,(H,14,15). The summed E-state index contributed by atoms with van der Waals surface area (Å²) in [4.78, 5) is 15.3. The van der Waals surface area contributed by atoms with Crippen LogP contribution < -0.4 is 10.2 Å². The smallest absolute Gasteiger partial charge is 0.198 e. The Hall–Kier alpha value is -1.29. The lowest BCUT2D eigenvalue weighted by atomic mass is 10.1. The zero-order chi connectivity index (χ0) is 11.1. The van der Waals surface area contributed by atoms with Crippen LogP contribution in [-0.2, 0) is 6.42 Å². The maximum absolute atomic E-state index is 12.2. The molecule has 1 atom stereocenters. The fourth-order valence-corrected chi connectivity index (χ4v) is 2.42. The van der Waals surface area contributed by atoms with Gasteiger partial charge in [0, 0.05) is 17.1 Å². The maximum Gasteiger partial charge on any atom is 0.198 e. The first-order chi connectivity index (χ1) is 7.79. The molecule has 0 saturated heterocycles. The van der Waals surface area contributed by atoms with E-state index in [4.69, 9.17) is 4.74 Å². The molecule has 0 fully saturated rings. The summed E-state index contributed by atoms with van der Waals surface area (Å²) in [6, 6.07) is 7.51. The third kappa shape index (κ3) is 1.37. The minimum Gasteiger partial charge on any atom is -0.474 e. The van der Waals surface area contributed by atoms with Gasteiger partial charge in [0.05, 0.1) is 11.1 Å². The Balaban J connectivity index is 2.28. The zero-order valence-corrected chi connectivity index (χ0v) is 10.1. The van der Waals surface area contributed by atoms with E-state index in [0.29, 0.717) is 12.3 Å². The zero-order valence-electron chi connectivity index (χ0n) is 8.50. The molecule has 3 nitrogen and oxygen atoms in total. The molecule has 1 aromatic heterocycles. The average molecular weight is 280 g/mol. The van der Waals surface area contributed by atoms with E-state index in [1.54, 1.807) is 0 Å². The van der Waals surface area contributed by atoms with Gasteiger partial charge in [-0.2, -0.15) is 0 Å². The van der Waals surface area contributed by atoms with Crippen molar-refractivity contribution >= 4 is 26.8 Å². The Bertz CT molecular complexity index is 605. The summed E-state index contributed by atoms with van der Waals surface area (Å²) in [6.07, 6.45) is 0.747. The van der Waals surface area contributed by atoms with Crippen molar-refractivity contribution in [2.45, 2.75) is 12.5 Å². The molecule has 0 radical (unpaired) electrons. The SMILES string of the molecule is O=c1c2c([nH]c3ccccc13)OC(CBr)C2. The van der Waals surface area contributed by atoms with Crippen molar-refractivity contribution in [2.24, 2.45) is 0 Å². The van der Waals surface area contributed by atoms with E-state index in [1.807, 2.05) is 24.3 Å². The number of pyridine rings is 1. The Morgan fingerprint density at radius 1 is 1.44 bits per heavy atom. The first kappa shape index (κ1) is 9.90. The van der Waals surface area contributed by atoms with E-state index in [2.05, 4.69) is 20.9 Å². The molecule has 0 amide bonds. The topological polar surface area (TPSA) is 42.1 Å². The third-order valence-corrected chi connectivity index (χ3v) is 3.58. The predicted molar refractivity (Wildman–Crippen MR) is 66.5 cm³/mol. The van der Waals surface area contributed by atoms with Crippen molar-refractivity contribution < 1.29 is 4.74 Å². The second-order valence-electron chi connectivity index (χ2n) is 3.91. The second-order valence-corrected chi connectivity index (χ2v) is 4.55. The van der Waals surface area contributed by atoms with Crippen LogP contribution in [0.4, 0.5) is 0 Å². The molecule has 3 rings (SSSR count). The summed E-state index contributed by atoms with van der Waals surface area (Å²) in [5.41, 5.74) is 1.69. The van der Waals surface area contributed by atoms with Gasteiger partial charge in [-0.05, 0) is 12.1 Å². The van der Waals surface area contributed by atoms with Gasteiger partial charge in [0.2, 0.25) is 0 Å². The summed E-state index contributed by atoms with van der Waals surface area (Å²) in [5.74, 6) is 0.633. The van der Waals surface area contributed by atoms with Gasteiger partial charge in [-0.25, -0.2) is 0 Å². The third-order valence-electron chi connectivity index (χ3n) is 2.86. The number of halogens is 1. The van der Waals surface area contributed by atoms with E-state index in [1.165, 1.54) is 0 Å². The number of alkyl halides is 1. The first-order valence-electron chi connectivity index (χ1n) is 5.16. The number of para-hydroxylation sites is 1. The van der Waals surface area contributed by atoms with E-state index in [0.717, 1.165) is 21.8 Å². The summed E-state index contributed by atoms with van der Waals surface area (Å²) < 4.78 is 5.64. The van der Waals surface area contributed by atoms with Crippen LogP contribution in [0.3, 0.4) is 0 Å². The van der Waals surface area contributed by atoms with Gasteiger partial charge in [0.25, 0.3) is 0 Å². The molecule has 2 aromatic rings. The lowest BCUT2D eigenvalue weighted by Gasteiger charge is -2.05. The molecular weight excluding hydrogens is 270 g/mol. The van der Waals surface area contributed by atoms with Gasteiger partial charge in [-0.15, -0.1) is 0 Å². The number of hydrogen-bond donors (Lipinski definition) is 1. The van der Waals surface area contributed by atoms with Crippen LogP contribution in [0.2, 0.25) is 0 Å². The van der Waals surface area contributed by atoms with Gasteiger partial charge in [0.15, 0.2) is 11.3 Å². The highest BCUT2D eigenvalue weighted by Crippen LogP contribution is 2.26. The molecule has 1 unspecified atom stereocenters. The largest absolute Gasteiger partial charge is 0.474 e. The molecule has 1 aliphatic rings. The minimum absolute atomic E-state index is 0.0655. The number of benzene rings is 1. The molecular formula is C12H10BrNO2. The number of aromatic amines is 1. The summed E-state index contributed by atoms with van der Waals surface area (Å²) in [5, 5.41) is 1.48. The normalized spacial score (nSPS) is 18.4. The molecule has 4 heteroatoms. The number of fused-ring (bicyclic) bond motifs is 2. The number of ether oxygens (including phenoxy) is 1. The minimum atomic E-state index is 0.0655. The van der Waals surface area contributed by atoms with Crippen molar-refractivity contribution in [3.63, 3.8) is 0 Å². The molecule has 0 spiro atoms. The Morgan fingerprint density at radius 2 is 2.25 bits per heavy atom. The van der Waals surface area contributed by atoms with Gasteiger partial charge in [-0.1, -0.05) is 28.1 Å². The quantitative estimate of drug-likeness (QED) is 0.814. The van der Waals surface area contributed by atoms with E-state index in [-0.39, 0.29) is 11.5 Å². The lowest BCUT2D eigenvalue weighted by molar-refractivity contribution is 0.253. The number of H-pyrrole nitrogens is 1. The van der Waals surface area contributed by atoms with Crippen LogP contribution in [0.5, 0.6) is 5.88 Å². The molecule has 0 aliphatic carbocycles. The molecule has 1 aromatic carbocycles. The van der Waals surface area contributed by atoms with Crippen molar-refractivity contribution in [1.82, 2.24) is 4.98 Å². The second kappa shape index (κ2) is 3.63. The molecule has 0 saturated carbocycles. The molecule has 0 bridgehead atoms. The Labute approximate surface area is 101 Å². The van der Waals surface area contributed by atoms with Crippen LogP contribution in [0.1, 0.15) is 5.56 Å². The average Bonchev–Trinajstić information content (AvgIpc) is 2.73. The van der Waals surface area contributed by atoms with Crippen LogP contribution in [0.25, 0.3) is 10.9 Å². The molecule has 2 heterocycles. The van der Waals surface area contributed by atoms with Crippen molar-refractivity contribution in [2.75, 3.05) is 5.33 Å². The summed E-state index contributed by atoms with van der Waals surface area (Å²) in [7, 11) is 0. The highest BCUT2D eigenvalue weighted by Gasteiger charge is 2.26. The fourth-order valence-electron chi connectivity index (χ4n) is 2.06. The molecule has 82 valence electrons.